The lowest BCUT2D eigenvalue weighted by molar-refractivity contribution is 0.669. The second kappa shape index (κ2) is 30.0. The molecule has 0 saturated carbocycles. The van der Waals surface area contributed by atoms with Gasteiger partial charge in [0.25, 0.3) is 0 Å². The molecule has 8 heterocycles. The first-order valence-electron chi connectivity index (χ1n) is 35.5. The van der Waals surface area contributed by atoms with Gasteiger partial charge >= 0.3 is 0 Å². The quantitative estimate of drug-likeness (QED) is 0.140. The van der Waals surface area contributed by atoms with E-state index in [4.69, 9.17) is 70.2 Å². The van der Waals surface area contributed by atoms with Gasteiger partial charge in [0.05, 0.1) is 5.56 Å². The van der Waals surface area contributed by atoms with Crippen LogP contribution in [0.2, 0.25) is 21.1 Å². The van der Waals surface area contributed by atoms with E-state index in [0.717, 1.165) is 109 Å². The molecule has 112 heavy (non-hydrogen) atoms. The fourth-order valence-corrected chi connectivity index (χ4v) is 17.1. The van der Waals surface area contributed by atoms with E-state index in [0.29, 0.717) is 46.6 Å². The van der Waals surface area contributed by atoms with Crippen molar-refractivity contribution < 1.29 is 8.83 Å². The molecule has 0 aliphatic rings. The number of halogens is 4. The van der Waals surface area contributed by atoms with E-state index < -0.39 is 0 Å². The van der Waals surface area contributed by atoms with Gasteiger partial charge in [0.1, 0.15) is 22.3 Å². The minimum atomic E-state index is 0.150. The number of fused-ring (bicyclic) bond motifs is 16. The van der Waals surface area contributed by atoms with Gasteiger partial charge in [-0.25, -0.2) is 19.9 Å². The lowest BCUT2D eigenvalue weighted by Gasteiger charge is -2.09. The molecule has 0 fully saturated rings. The highest BCUT2D eigenvalue weighted by atomic mass is 35.5. The maximum atomic E-state index is 6.30. The second-order valence-electron chi connectivity index (χ2n) is 25.9. The summed E-state index contributed by atoms with van der Waals surface area (Å²) < 4.78 is 17.3. The molecule has 0 amide bonds. The number of nitrogens with zero attached hydrogens (tertiary/aromatic N) is 12. The number of rotatable bonds is 8. The first-order valence-corrected chi connectivity index (χ1v) is 38.6. The number of furan rings is 2. The number of thiophene rings is 2. The minimum Gasteiger partial charge on any atom is -0.456 e. The molecule has 22 rings (SSSR count). The lowest BCUT2D eigenvalue weighted by atomic mass is 9.99. The molecular weight excluding hydrogens is 1510 g/mol. The van der Waals surface area contributed by atoms with Crippen molar-refractivity contribution in [3.05, 3.63) is 337 Å². The third kappa shape index (κ3) is 13.6. The Kier molecular flexibility index (Phi) is 18.6. The summed E-state index contributed by atoms with van der Waals surface area (Å²) in [5, 5.41) is 14.5. The molecule has 0 saturated heterocycles. The van der Waals surface area contributed by atoms with Gasteiger partial charge in [-0.2, -0.15) is 39.9 Å². The normalized spacial score (nSPS) is 11.4. The number of aromatic nitrogens is 12. The lowest BCUT2D eigenvalue weighted by Crippen LogP contribution is -1.97. The molecule has 0 spiro atoms. The van der Waals surface area contributed by atoms with E-state index >= 15 is 0 Å². The largest absolute Gasteiger partial charge is 0.456 e. The third-order valence-electron chi connectivity index (χ3n) is 19.1. The molecule has 532 valence electrons. The highest BCUT2D eigenvalue weighted by molar-refractivity contribution is 7.26. The minimum absolute atomic E-state index is 0.150. The van der Waals surface area contributed by atoms with E-state index in [1.54, 1.807) is 22.7 Å². The summed E-state index contributed by atoms with van der Waals surface area (Å²) in [7, 11) is 0. The first-order chi connectivity index (χ1) is 55.1. The van der Waals surface area contributed by atoms with Crippen molar-refractivity contribution in [1.29, 1.82) is 0 Å². The van der Waals surface area contributed by atoms with Crippen molar-refractivity contribution in [3.63, 3.8) is 0 Å². The molecule has 14 nitrogen and oxygen atoms in total. The zero-order valence-electron chi connectivity index (χ0n) is 58.5. The van der Waals surface area contributed by atoms with Crippen LogP contribution in [0.4, 0.5) is 0 Å². The van der Waals surface area contributed by atoms with Crippen LogP contribution in [0.5, 0.6) is 0 Å². The van der Waals surface area contributed by atoms with Crippen molar-refractivity contribution in [2.45, 2.75) is 0 Å². The first kappa shape index (κ1) is 69.3. The van der Waals surface area contributed by atoms with Crippen molar-refractivity contribution in [1.82, 2.24) is 59.8 Å². The van der Waals surface area contributed by atoms with Gasteiger partial charge in [-0.05, 0) is 116 Å². The van der Waals surface area contributed by atoms with Crippen LogP contribution in [-0.2, 0) is 0 Å². The second-order valence-corrected chi connectivity index (χ2v) is 29.4. The molecule has 22 aromatic rings. The molecule has 0 aliphatic heterocycles. The molecule has 14 aromatic carbocycles. The Labute approximate surface area is 666 Å². The average Bonchev–Trinajstić information content (AvgIpc) is 1.55. The van der Waals surface area contributed by atoms with Crippen LogP contribution in [0.25, 0.3) is 197 Å². The summed E-state index contributed by atoms with van der Waals surface area (Å²) in [4.78, 5) is 53.5. The fraction of sp³-hybridized carbons (Fsp3) is 0. The van der Waals surface area contributed by atoms with Crippen molar-refractivity contribution >= 4 is 175 Å². The van der Waals surface area contributed by atoms with E-state index in [1.165, 1.54) is 41.0 Å². The molecular formula is C92H52Cl4N12O2S2. The Morgan fingerprint density at radius 2 is 0.616 bits per heavy atom. The summed E-state index contributed by atoms with van der Waals surface area (Å²) >= 11 is 28.5. The molecule has 0 bridgehead atoms. The van der Waals surface area contributed by atoms with Crippen LogP contribution in [0, 0.1) is 0 Å². The molecule has 20 heteroatoms. The molecule has 8 aromatic heterocycles. The van der Waals surface area contributed by atoms with Gasteiger partial charge in [-0.3, -0.25) is 0 Å². The Bertz CT molecular complexity index is 7360. The van der Waals surface area contributed by atoms with Crippen LogP contribution < -0.4 is 0 Å². The summed E-state index contributed by atoms with van der Waals surface area (Å²) in [5.74, 6) is 4.43. The van der Waals surface area contributed by atoms with E-state index in [2.05, 4.69) is 154 Å². The topological polar surface area (TPSA) is 181 Å². The standard InChI is InChI=1S/2C25H14ClN3O.2C21H12ClN3S/c26-25-28-23(15-8-2-1-3-9-15)27-24(29-25)19-14-21-22(17-11-5-4-10-16(17)19)18-12-6-7-13-20(18)30-21;26-25-28-23(16-8-2-1-3-9-16)27-24(29-25)19-12-6-11-18-21-17-10-5-4-7-15(17)13-14-20(21)30-22(18)19;22-21-24-19(13-7-2-1-3-8-13)23-20(25-21)16-11-6-10-15-14-9-4-5-12-17(14)26-18(15)16;22-21-24-19(13-6-2-1-3-7-13)23-20(25-21)14-10-11-16-15-8-4-5-9-17(15)26-18(16)12-14/h2*1-14H;2*1-12H. The van der Waals surface area contributed by atoms with E-state index in [-0.39, 0.29) is 21.1 Å². The monoisotopic (exact) mass is 1560 g/mol. The average molecular weight is 1560 g/mol. The Balaban J connectivity index is 0.000000101. The van der Waals surface area contributed by atoms with Crippen LogP contribution in [0.15, 0.2) is 324 Å². The zero-order valence-corrected chi connectivity index (χ0v) is 63.2. The maximum absolute atomic E-state index is 6.30. The van der Waals surface area contributed by atoms with Gasteiger partial charge in [-0.15, -0.1) is 22.7 Å². The highest BCUT2D eigenvalue weighted by Crippen LogP contribution is 2.44. The predicted molar refractivity (Wildman–Crippen MR) is 458 cm³/mol. The van der Waals surface area contributed by atoms with E-state index in [9.17, 15) is 0 Å². The summed E-state index contributed by atoms with van der Waals surface area (Å²) in [5.41, 5.74) is 10.4. The highest BCUT2D eigenvalue weighted by Gasteiger charge is 2.22. The van der Waals surface area contributed by atoms with Crippen LogP contribution in [0.3, 0.4) is 0 Å². The number of benzene rings is 14. The smallest absolute Gasteiger partial charge is 0.226 e. The van der Waals surface area contributed by atoms with Gasteiger partial charge in [0, 0.05) is 101 Å². The Morgan fingerprint density at radius 1 is 0.214 bits per heavy atom. The summed E-state index contributed by atoms with van der Waals surface area (Å²) in [6, 6.07) is 105. The Hall–Kier alpha value is -13.2. The fourth-order valence-electron chi connectivity index (χ4n) is 14.1. The number of hydrogen-bond donors (Lipinski definition) is 0. The van der Waals surface area contributed by atoms with Crippen molar-refractivity contribution in [2.75, 3.05) is 0 Å². The van der Waals surface area contributed by atoms with Crippen LogP contribution in [-0.4, -0.2) is 59.8 Å². The SMILES string of the molecule is Clc1nc(-c2ccccc2)nc(-c2cc3oc4ccccc4c3c3ccccc23)n1.Clc1nc(-c2ccccc2)nc(-c2ccc3c(c2)sc2ccccc23)n1.Clc1nc(-c2ccccc2)nc(-c2cccc3c2oc2ccc4ccccc4c23)n1.Clc1nc(-c2ccccc2)nc(-c2cccc3c2sc2ccccc23)n1. The van der Waals surface area contributed by atoms with Gasteiger partial charge in [-0.1, -0.05) is 267 Å². The molecule has 0 unspecified atom stereocenters. The van der Waals surface area contributed by atoms with Gasteiger partial charge in [0.2, 0.25) is 21.1 Å². The summed E-state index contributed by atoms with van der Waals surface area (Å²) in [6.07, 6.45) is 0. The maximum Gasteiger partial charge on any atom is 0.226 e. The predicted octanol–water partition coefficient (Wildman–Crippen LogP) is 26.3. The van der Waals surface area contributed by atoms with Gasteiger partial charge in [0.15, 0.2) is 46.6 Å². The van der Waals surface area contributed by atoms with Crippen molar-refractivity contribution in [3.8, 4) is 91.1 Å². The number of hydrogen-bond acceptors (Lipinski definition) is 16. The summed E-state index contributed by atoms with van der Waals surface area (Å²) in [6.45, 7) is 0. The number of para-hydroxylation sites is 2. The van der Waals surface area contributed by atoms with E-state index in [1.807, 2.05) is 206 Å². The molecule has 0 N–H and O–H groups in total. The zero-order chi connectivity index (χ0) is 75.2. The third-order valence-corrected chi connectivity index (χ3v) is 22.1. The Morgan fingerprint density at radius 3 is 1.20 bits per heavy atom. The molecule has 0 atom stereocenters. The van der Waals surface area contributed by atoms with Crippen LogP contribution >= 0.6 is 69.1 Å². The van der Waals surface area contributed by atoms with Gasteiger partial charge < -0.3 is 8.83 Å². The van der Waals surface area contributed by atoms with Crippen molar-refractivity contribution in [2.24, 2.45) is 0 Å². The van der Waals surface area contributed by atoms with Crippen LogP contribution in [0.1, 0.15) is 0 Å². The molecule has 0 aliphatic carbocycles. The molecule has 0 radical (unpaired) electrons.